The third-order valence-electron chi connectivity index (χ3n) is 5.06. The minimum absolute atomic E-state index is 0.192. The minimum atomic E-state index is -0.508. The number of halogens is 1. The number of esters is 1. The summed E-state index contributed by atoms with van der Waals surface area (Å²) >= 11 is 6.01. The molecule has 2 heterocycles. The van der Waals surface area contributed by atoms with Crippen molar-refractivity contribution < 1.29 is 19.1 Å². The first-order valence-electron chi connectivity index (χ1n) is 10.1. The van der Waals surface area contributed by atoms with E-state index in [1.807, 2.05) is 42.5 Å². The molecule has 8 heteroatoms. The molecule has 2 aromatic carbocycles. The van der Waals surface area contributed by atoms with E-state index in [0.29, 0.717) is 23.6 Å². The normalized spacial score (nSPS) is 12.9. The molecule has 0 saturated carbocycles. The monoisotopic (exact) mass is 439 g/mol. The van der Waals surface area contributed by atoms with Crippen LogP contribution < -0.4 is 0 Å². The zero-order chi connectivity index (χ0) is 21.8. The van der Waals surface area contributed by atoms with E-state index in [4.69, 9.17) is 21.1 Å². The zero-order valence-corrected chi connectivity index (χ0v) is 17.8. The van der Waals surface area contributed by atoms with Crippen LogP contribution in [0.2, 0.25) is 5.02 Å². The number of ether oxygens (including phenoxy) is 2. The van der Waals surface area contributed by atoms with Crippen LogP contribution in [-0.2, 0) is 29.0 Å². The molecule has 1 aliphatic rings. The fourth-order valence-corrected chi connectivity index (χ4v) is 3.67. The van der Waals surface area contributed by atoms with Crippen molar-refractivity contribution >= 4 is 23.7 Å². The van der Waals surface area contributed by atoms with Crippen molar-refractivity contribution in [1.29, 1.82) is 0 Å². The summed E-state index contributed by atoms with van der Waals surface area (Å²) in [6.45, 7) is 2.86. The number of carbonyl (C=O) groups excluding carboxylic acids is 2. The molecule has 1 aromatic heterocycles. The number of hydrogen-bond acceptors (Lipinski definition) is 5. The Morgan fingerprint density at radius 2 is 1.81 bits per heavy atom. The quantitative estimate of drug-likeness (QED) is 0.551. The van der Waals surface area contributed by atoms with Gasteiger partial charge in [0.15, 0.2) is 5.69 Å². The maximum Gasteiger partial charge on any atom is 0.410 e. The van der Waals surface area contributed by atoms with Crippen molar-refractivity contribution in [3.63, 3.8) is 0 Å². The van der Waals surface area contributed by atoms with Crippen molar-refractivity contribution in [2.45, 2.75) is 26.5 Å². The molecule has 0 bridgehead atoms. The Hall–Kier alpha value is -3.32. The van der Waals surface area contributed by atoms with Gasteiger partial charge in [0.2, 0.25) is 0 Å². The summed E-state index contributed by atoms with van der Waals surface area (Å²) in [7, 11) is 0. The number of aromatic nitrogens is 2. The van der Waals surface area contributed by atoms with E-state index in [1.54, 1.807) is 28.6 Å². The van der Waals surface area contributed by atoms with Crippen molar-refractivity contribution in [1.82, 2.24) is 14.7 Å². The van der Waals surface area contributed by atoms with Crippen molar-refractivity contribution in [2.75, 3.05) is 13.2 Å². The topological polar surface area (TPSA) is 73.7 Å². The predicted molar refractivity (Wildman–Crippen MR) is 115 cm³/mol. The van der Waals surface area contributed by atoms with E-state index in [2.05, 4.69) is 5.10 Å². The van der Waals surface area contributed by atoms with Gasteiger partial charge in [0.1, 0.15) is 6.61 Å². The van der Waals surface area contributed by atoms with Crippen LogP contribution in [0.4, 0.5) is 4.79 Å². The maximum absolute atomic E-state index is 12.6. The highest BCUT2D eigenvalue weighted by molar-refractivity contribution is 6.30. The number of fused-ring (bicyclic) bond motifs is 1. The highest BCUT2D eigenvalue weighted by atomic mass is 35.5. The highest BCUT2D eigenvalue weighted by Gasteiger charge is 2.31. The van der Waals surface area contributed by atoms with Gasteiger partial charge in [-0.25, -0.2) is 14.3 Å². The molecule has 160 valence electrons. The molecule has 0 spiro atoms. The third kappa shape index (κ3) is 4.56. The maximum atomic E-state index is 12.6. The molecule has 31 heavy (non-hydrogen) atoms. The molecule has 0 atom stereocenters. The Morgan fingerprint density at radius 3 is 2.52 bits per heavy atom. The first kappa shape index (κ1) is 20.9. The van der Waals surface area contributed by atoms with Crippen LogP contribution in [0.25, 0.3) is 5.69 Å². The summed E-state index contributed by atoms with van der Waals surface area (Å²) in [5.74, 6) is -0.508. The second-order valence-electron chi connectivity index (χ2n) is 7.09. The van der Waals surface area contributed by atoms with Crippen LogP contribution >= 0.6 is 11.6 Å². The van der Waals surface area contributed by atoms with E-state index < -0.39 is 12.1 Å². The van der Waals surface area contributed by atoms with Gasteiger partial charge in [-0.05, 0) is 36.8 Å². The number of nitrogens with zero attached hydrogens (tertiary/aromatic N) is 3. The molecule has 4 rings (SSSR count). The Bertz CT molecular complexity index is 1080. The van der Waals surface area contributed by atoms with Crippen LogP contribution in [0.3, 0.4) is 0 Å². The van der Waals surface area contributed by atoms with Gasteiger partial charge >= 0.3 is 12.1 Å². The number of rotatable bonds is 5. The summed E-state index contributed by atoms with van der Waals surface area (Å²) in [6.07, 6.45) is 0.105. The first-order valence-corrected chi connectivity index (χ1v) is 10.4. The molecule has 0 aliphatic carbocycles. The van der Waals surface area contributed by atoms with Crippen LogP contribution in [-0.4, -0.2) is 39.9 Å². The second-order valence-corrected chi connectivity index (χ2v) is 7.53. The summed E-state index contributed by atoms with van der Waals surface area (Å²) in [4.78, 5) is 26.8. The van der Waals surface area contributed by atoms with Crippen LogP contribution in [0, 0.1) is 0 Å². The van der Waals surface area contributed by atoms with Crippen molar-refractivity contribution in [2.24, 2.45) is 0 Å². The number of benzene rings is 2. The summed E-state index contributed by atoms with van der Waals surface area (Å²) < 4.78 is 12.4. The molecule has 7 nitrogen and oxygen atoms in total. The molecular formula is C23H22ClN3O4. The van der Waals surface area contributed by atoms with E-state index in [1.165, 1.54) is 0 Å². The number of hydrogen-bond donors (Lipinski definition) is 0. The SMILES string of the molecule is CCOC(=O)c1nn(-c2ccc(Cl)cc2)c2c1CN(C(=O)OCc1ccccc1)CC2. The highest BCUT2D eigenvalue weighted by Crippen LogP contribution is 2.27. The lowest BCUT2D eigenvalue weighted by atomic mass is 10.1. The third-order valence-corrected chi connectivity index (χ3v) is 5.31. The number of carbonyl (C=O) groups is 2. The summed E-state index contributed by atoms with van der Waals surface area (Å²) in [6, 6.07) is 16.7. The largest absolute Gasteiger partial charge is 0.461 e. The first-order chi connectivity index (χ1) is 15.1. The van der Waals surface area contributed by atoms with Crippen LogP contribution in [0.1, 0.15) is 34.2 Å². The summed E-state index contributed by atoms with van der Waals surface area (Å²) in [5, 5.41) is 5.13. The standard InChI is InChI=1S/C23H22ClN3O4/c1-2-30-22(28)21-19-14-26(23(29)31-15-16-6-4-3-5-7-16)13-12-20(19)27(25-21)18-10-8-17(24)9-11-18/h3-11H,2,12-15H2,1H3. The van der Waals surface area contributed by atoms with Gasteiger partial charge in [0.25, 0.3) is 0 Å². The molecule has 3 aromatic rings. The van der Waals surface area contributed by atoms with Crippen molar-refractivity contribution in [3.05, 3.63) is 82.1 Å². The van der Waals surface area contributed by atoms with Gasteiger partial charge in [-0.1, -0.05) is 41.9 Å². The second kappa shape index (κ2) is 9.22. The van der Waals surface area contributed by atoms with E-state index in [-0.39, 0.29) is 25.5 Å². The molecular weight excluding hydrogens is 418 g/mol. The summed E-state index contributed by atoms with van der Waals surface area (Å²) in [5.41, 5.74) is 3.47. The fourth-order valence-electron chi connectivity index (χ4n) is 3.54. The smallest absolute Gasteiger partial charge is 0.410 e. The van der Waals surface area contributed by atoms with Gasteiger partial charge in [0.05, 0.1) is 24.5 Å². The minimum Gasteiger partial charge on any atom is -0.461 e. The Morgan fingerprint density at radius 1 is 1.06 bits per heavy atom. The predicted octanol–water partition coefficient (Wildman–Crippen LogP) is 4.40. The van der Waals surface area contributed by atoms with Gasteiger partial charge in [-0.2, -0.15) is 5.10 Å². The lowest BCUT2D eigenvalue weighted by Crippen LogP contribution is -2.37. The molecule has 1 aliphatic heterocycles. The fraction of sp³-hybridized carbons (Fsp3) is 0.261. The molecule has 0 fully saturated rings. The Labute approximate surface area is 185 Å². The Kier molecular flexibility index (Phi) is 6.23. The molecule has 1 amide bonds. The van der Waals surface area contributed by atoms with E-state index in [9.17, 15) is 9.59 Å². The van der Waals surface area contributed by atoms with Crippen molar-refractivity contribution in [3.8, 4) is 5.69 Å². The molecule has 0 N–H and O–H groups in total. The van der Waals surface area contributed by atoms with E-state index >= 15 is 0 Å². The van der Waals surface area contributed by atoms with Crippen LogP contribution in [0.15, 0.2) is 54.6 Å². The van der Waals surface area contributed by atoms with E-state index in [0.717, 1.165) is 16.9 Å². The van der Waals surface area contributed by atoms with Gasteiger partial charge < -0.3 is 14.4 Å². The van der Waals surface area contributed by atoms with Crippen LogP contribution in [0.5, 0.6) is 0 Å². The average molecular weight is 440 g/mol. The van der Waals surface area contributed by atoms with Gasteiger partial charge in [-0.3, -0.25) is 0 Å². The molecule has 0 radical (unpaired) electrons. The zero-order valence-electron chi connectivity index (χ0n) is 17.1. The lowest BCUT2D eigenvalue weighted by molar-refractivity contribution is 0.0514. The lowest BCUT2D eigenvalue weighted by Gasteiger charge is -2.27. The molecule has 0 unspecified atom stereocenters. The average Bonchev–Trinajstić information content (AvgIpc) is 3.18. The van der Waals surface area contributed by atoms with Gasteiger partial charge in [0, 0.05) is 23.6 Å². The molecule has 0 saturated heterocycles. The van der Waals surface area contributed by atoms with Gasteiger partial charge in [-0.15, -0.1) is 0 Å². The Balaban J connectivity index is 1.58. The number of amides is 1.